The molecule has 0 amide bonds. The molecule has 2 nitrogen and oxygen atoms in total. The first-order valence-corrected chi connectivity index (χ1v) is 7.70. The topological polar surface area (TPSA) is 24.9 Å². The Hall–Kier alpha value is -1.74. The number of hydrogen-bond acceptors (Lipinski definition) is 2. The first-order valence-electron chi connectivity index (χ1n) is 7.70. The highest BCUT2D eigenvalue weighted by molar-refractivity contribution is 5.22. The Labute approximate surface area is 125 Å². The molecule has 1 aliphatic carbocycles. The van der Waals surface area contributed by atoms with E-state index >= 15 is 0 Å². The lowest BCUT2D eigenvalue weighted by Gasteiger charge is -2.25. The minimum Gasteiger partial charge on any atom is -0.301 e. The Balaban J connectivity index is 1.79. The van der Waals surface area contributed by atoms with Crippen molar-refractivity contribution in [1.82, 2.24) is 10.3 Å². The van der Waals surface area contributed by atoms with Gasteiger partial charge in [0.15, 0.2) is 0 Å². The molecule has 1 saturated carbocycles. The Morgan fingerprint density at radius 3 is 2.52 bits per heavy atom. The normalized spacial score (nSPS) is 17.4. The van der Waals surface area contributed by atoms with Gasteiger partial charge in [-0.1, -0.05) is 37.3 Å². The maximum atomic E-state index is 13.0. The highest BCUT2D eigenvalue weighted by atomic mass is 19.1. The van der Waals surface area contributed by atoms with Gasteiger partial charge in [0.2, 0.25) is 0 Å². The number of hydrogen-bond donors (Lipinski definition) is 1. The van der Waals surface area contributed by atoms with Crippen molar-refractivity contribution in [2.24, 2.45) is 5.92 Å². The van der Waals surface area contributed by atoms with Crippen LogP contribution in [0.15, 0.2) is 48.7 Å². The Kier molecular flexibility index (Phi) is 4.30. The maximum absolute atomic E-state index is 13.0. The molecule has 0 aliphatic heterocycles. The van der Waals surface area contributed by atoms with Gasteiger partial charge in [0.25, 0.3) is 0 Å². The van der Waals surface area contributed by atoms with Gasteiger partial charge in [0.05, 0.1) is 11.9 Å². The van der Waals surface area contributed by atoms with Crippen LogP contribution in [0.2, 0.25) is 0 Å². The number of rotatable bonds is 6. The smallest absolute Gasteiger partial charge is 0.141 e. The van der Waals surface area contributed by atoms with E-state index < -0.39 is 0 Å². The van der Waals surface area contributed by atoms with Crippen LogP contribution in [-0.2, 0) is 0 Å². The molecule has 3 rings (SSSR count). The van der Waals surface area contributed by atoms with Crippen molar-refractivity contribution in [3.63, 3.8) is 0 Å². The molecule has 21 heavy (non-hydrogen) atoms. The molecule has 0 radical (unpaired) electrons. The molecule has 1 N–H and O–H groups in total. The molecule has 3 heteroatoms. The molecule has 2 atom stereocenters. The standard InChI is InChI=1S/C18H21FN2/c1-2-16(17-11-10-15(19)12-20-17)21-18(14-8-9-14)13-6-4-3-5-7-13/h3-7,10-12,14,16,18,21H,2,8-9H2,1H3. The molecule has 1 fully saturated rings. The highest BCUT2D eigenvalue weighted by Gasteiger charge is 2.33. The third-order valence-electron chi connectivity index (χ3n) is 4.15. The van der Waals surface area contributed by atoms with Gasteiger partial charge >= 0.3 is 0 Å². The summed E-state index contributed by atoms with van der Waals surface area (Å²) >= 11 is 0. The van der Waals surface area contributed by atoms with Crippen molar-refractivity contribution in [1.29, 1.82) is 0 Å². The van der Waals surface area contributed by atoms with E-state index in [2.05, 4.69) is 41.5 Å². The zero-order chi connectivity index (χ0) is 14.7. The van der Waals surface area contributed by atoms with E-state index in [1.54, 1.807) is 6.07 Å². The quantitative estimate of drug-likeness (QED) is 0.849. The maximum Gasteiger partial charge on any atom is 0.141 e. The summed E-state index contributed by atoms with van der Waals surface area (Å²) < 4.78 is 13.0. The predicted octanol–water partition coefficient (Wildman–Crippen LogP) is 4.41. The van der Waals surface area contributed by atoms with Crippen molar-refractivity contribution in [2.45, 2.75) is 38.3 Å². The van der Waals surface area contributed by atoms with Crippen LogP contribution in [0.3, 0.4) is 0 Å². The van der Waals surface area contributed by atoms with Crippen molar-refractivity contribution in [3.8, 4) is 0 Å². The number of nitrogens with one attached hydrogen (secondary N) is 1. The van der Waals surface area contributed by atoms with Crippen molar-refractivity contribution in [2.75, 3.05) is 0 Å². The van der Waals surface area contributed by atoms with Crippen molar-refractivity contribution in [3.05, 3.63) is 65.7 Å². The molecule has 2 unspecified atom stereocenters. The van der Waals surface area contributed by atoms with E-state index in [1.165, 1.54) is 30.7 Å². The zero-order valence-corrected chi connectivity index (χ0v) is 12.3. The number of nitrogens with zero attached hydrogens (tertiary/aromatic N) is 1. The molecular formula is C18H21FN2. The lowest BCUT2D eigenvalue weighted by Crippen LogP contribution is -2.28. The fourth-order valence-corrected chi connectivity index (χ4v) is 2.82. The van der Waals surface area contributed by atoms with Gasteiger partial charge in [-0.3, -0.25) is 4.98 Å². The van der Waals surface area contributed by atoms with Crippen LogP contribution in [0.4, 0.5) is 4.39 Å². The second kappa shape index (κ2) is 6.35. The van der Waals surface area contributed by atoms with Gasteiger partial charge in [0.1, 0.15) is 5.82 Å². The summed E-state index contributed by atoms with van der Waals surface area (Å²) in [5, 5.41) is 3.73. The molecule has 110 valence electrons. The van der Waals surface area contributed by atoms with Crippen LogP contribution in [0, 0.1) is 11.7 Å². The molecule has 1 aromatic carbocycles. The summed E-state index contributed by atoms with van der Waals surface area (Å²) in [6.45, 7) is 2.14. The van der Waals surface area contributed by atoms with E-state index in [0.29, 0.717) is 12.0 Å². The van der Waals surface area contributed by atoms with Crippen molar-refractivity contribution >= 4 is 0 Å². The second-order valence-electron chi connectivity index (χ2n) is 5.75. The number of aromatic nitrogens is 1. The Morgan fingerprint density at radius 2 is 1.95 bits per heavy atom. The summed E-state index contributed by atoms with van der Waals surface area (Å²) in [5.74, 6) is 0.428. The first kappa shape index (κ1) is 14.2. The molecule has 0 bridgehead atoms. The minimum atomic E-state index is -0.282. The van der Waals surface area contributed by atoms with Gasteiger partial charge in [-0.15, -0.1) is 0 Å². The molecular weight excluding hydrogens is 263 g/mol. The highest BCUT2D eigenvalue weighted by Crippen LogP contribution is 2.42. The lowest BCUT2D eigenvalue weighted by atomic mass is 9.99. The summed E-state index contributed by atoms with van der Waals surface area (Å²) in [4.78, 5) is 4.24. The minimum absolute atomic E-state index is 0.163. The van der Waals surface area contributed by atoms with Gasteiger partial charge < -0.3 is 5.32 Å². The van der Waals surface area contributed by atoms with Gasteiger partial charge in [-0.05, 0) is 42.9 Å². The molecule has 1 aromatic heterocycles. The lowest BCUT2D eigenvalue weighted by molar-refractivity contribution is 0.395. The predicted molar refractivity (Wildman–Crippen MR) is 82.3 cm³/mol. The number of benzene rings is 1. The fourth-order valence-electron chi connectivity index (χ4n) is 2.82. The molecule has 1 aliphatic rings. The van der Waals surface area contributed by atoms with E-state index in [0.717, 1.165) is 12.1 Å². The third kappa shape index (κ3) is 3.48. The number of halogens is 1. The first-order chi connectivity index (χ1) is 10.3. The molecule has 1 heterocycles. The average molecular weight is 284 g/mol. The summed E-state index contributed by atoms with van der Waals surface area (Å²) in [5.41, 5.74) is 2.25. The van der Waals surface area contributed by atoms with Gasteiger partial charge in [-0.25, -0.2) is 4.39 Å². The van der Waals surface area contributed by atoms with Crippen LogP contribution in [0.25, 0.3) is 0 Å². The Bertz CT molecular complexity index is 564. The van der Waals surface area contributed by atoms with Crippen LogP contribution in [0.5, 0.6) is 0 Å². The van der Waals surface area contributed by atoms with Crippen LogP contribution in [0.1, 0.15) is 49.5 Å². The second-order valence-corrected chi connectivity index (χ2v) is 5.75. The van der Waals surface area contributed by atoms with E-state index in [9.17, 15) is 4.39 Å². The van der Waals surface area contributed by atoms with E-state index in [1.807, 2.05) is 6.07 Å². The third-order valence-corrected chi connectivity index (χ3v) is 4.15. The molecule has 0 saturated heterocycles. The average Bonchev–Trinajstić information content (AvgIpc) is 3.35. The largest absolute Gasteiger partial charge is 0.301 e. The van der Waals surface area contributed by atoms with Crippen LogP contribution < -0.4 is 5.32 Å². The number of pyridine rings is 1. The van der Waals surface area contributed by atoms with Crippen LogP contribution >= 0.6 is 0 Å². The monoisotopic (exact) mass is 284 g/mol. The van der Waals surface area contributed by atoms with Gasteiger partial charge in [-0.2, -0.15) is 0 Å². The summed E-state index contributed by atoms with van der Waals surface area (Å²) in [7, 11) is 0. The fraction of sp³-hybridized carbons (Fsp3) is 0.389. The summed E-state index contributed by atoms with van der Waals surface area (Å²) in [6, 6.07) is 14.4. The van der Waals surface area contributed by atoms with Crippen molar-refractivity contribution < 1.29 is 4.39 Å². The van der Waals surface area contributed by atoms with E-state index in [-0.39, 0.29) is 11.9 Å². The summed E-state index contributed by atoms with van der Waals surface area (Å²) in [6.07, 6.45) is 4.79. The van der Waals surface area contributed by atoms with E-state index in [4.69, 9.17) is 0 Å². The molecule has 2 aromatic rings. The molecule has 0 spiro atoms. The zero-order valence-electron chi connectivity index (χ0n) is 12.3. The van der Waals surface area contributed by atoms with Crippen LogP contribution in [-0.4, -0.2) is 4.98 Å². The van der Waals surface area contributed by atoms with Gasteiger partial charge in [0, 0.05) is 12.1 Å². The SMILES string of the molecule is CCC(NC(c1ccccc1)C1CC1)c1ccc(F)cn1. The Morgan fingerprint density at radius 1 is 1.19 bits per heavy atom.